The zero-order valence-electron chi connectivity index (χ0n) is 16.5. The van der Waals surface area contributed by atoms with Gasteiger partial charge in [0.1, 0.15) is 17.2 Å². The maximum absolute atomic E-state index is 13.0. The third-order valence-corrected chi connectivity index (χ3v) is 5.74. The van der Waals surface area contributed by atoms with Crippen molar-refractivity contribution >= 4 is 28.5 Å². The number of benzene rings is 2. The topological polar surface area (TPSA) is 75.5 Å². The summed E-state index contributed by atoms with van der Waals surface area (Å²) < 4.78 is 11.0. The number of methoxy groups -OCH3 is 2. The molecule has 2 aliphatic heterocycles. The third kappa shape index (κ3) is 3.55. The Balaban J connectivity index is 1.93. The number of amidine groups is 1. The molecule has 1 atom stereocenters. The highest BCUT2D eigenvalue weighted by Crippen LogP contribution is 2.37. The van der Waals surface area contributed by atoms with Gasteiger partial charge in [-0.05, 0) is 30.7 Å². The third-order valence-electron chi connectivity index (χ3n) is 4.67. The quantitative estimate of drug-likeness (QED) is 0.816. The van der Waals surface area contributed by atoms with Crippen LogP contribution in [-0.4, -0.2) is 36.1 Å². The number of hydrogen-bond donors (Lipinski definition) is 1. The molecule has 7 nitrogen and oxygen atoms in total. The molecule has 8 heteroatoms. The Kier molecular flexibility index (Phi) is 5.44. The highest BCUT2D eigenvalue weighted by atomic mass is 32.2. The number of nitrogens with one attached hydrogen (secondary N) is 1. The molecule has 1 unspecified atom stereocenters. The minimum atomic E-state index is -0.548. The van der Waals surface area contributed by atoms with Crippen LogP contribution in [0.4, 0.5) is 0 Å². The van der Waals surface area contributed by atoms with E-state index in [1.54, 1.807) is 19.2 Å². The highest BCUT2D eigenvalue weighted by molar-refractivity contribution is 8.13. The molecule has 2 aromatic rings. The predicted molar refractivity (Wildman–Crippen MR) is 113 cm³/mol. The number of hydrazone groups is 1. The van der Waals surface area contributed by atoms with E-state index in [1.165, 1.54) is 11.8 Å². The van der Waals surface area contributed by atoms with Crippen molar-refractivity contribution in [1.82, 2.24) is 10.3 Å². The number of fused-ring (bicyclic) bond motifs is 2. The largest absolute Gasteiger partial charge is 0.497 e. The lowest BCUT2D eigenvalue weighted by Crippen LogP contribution is -2.50. The van der Waals surface area contributed by atoms with Gasteiger partial charge in [0.2, 0.25) is 0 Å². The van der Waals surface area contributed by atoms with E-state index in [9.17, 15) is 4.79 Å². The molecule has 1 amide bonds. The fourth-order valence-electron chi connectivity index (χ4n) is 3.33. The average Bonchev–Trinajstić information content (AvgIpc) is 2.76. The molecule has 0 fully saturated rings. The summed E-state index contributed by atoms with van der Waals surface area (Å²) in [4.78, 5) is 17.9. The first-order chi connectivity index (χ1) is 14.2. The molecule has 150 valence electrons. The van der Waals surface area contributed by atoms with Crippen LogP contribution in [0.15, 0.2) is 52.6 Å². The molecule has 1 N–H and O–H groups in total. The van der Waals surface area contributed by atoms with E-state index in [-0.39, 0.29) is 5.91 Å². The second-order valence-corrected chi connectivity index (χ2v) is 7.61. The maximum Gasteiger partial charge on any atom is 0.276 e. The fourth-order valence-corrected chi connectivity index (χ4v) is 4.04. The van der Waals surface area contributed by atoms with Crippen molar-refractivity contribution in [2.24, 2.45) is 10.1 Å². The van der Waals surface area contributed by atoms with Gasteiger partial charge in [-0.2, -0.15) is 0 Å². The summed E-state index contributed by atoms with van der Waals surface area (Å²) >= 11 is 1.52. The van der Waals surface area contributed by atoms with E-state index in [2.05, 4.69) is 12.2 Å². The normalized spacial score (nSPS) is 17.6. The van der Waals surface area contributed by atoms with Gasteiger partial charge in [-0.3, -0.25) is 15.1 Å². The zero-order chi connectivity index (χ0) is 20.4. The van der Waals surface area contributed by atoms with Gasteiger partial charge in [0.05, 0.1) is 19.6 Å². The summed E-state index contributed by atoms with van der Waals surface area (Å²) in [6.45, 7) is 2.09. The second kappa shape index (κ2) is 8.16. The van der Waals surface area contributed by atoms with E-state index in [1.807, 2.05) is 42.5 Å². The van der Waals surface area contributed by atoms with Gasteiger partial charge in [0.15, 0.2) is 11.3 Å². The second-order valence-electron chi connectivity index (χ2n) is 6.53. The summed E-state index contributed by atoms with van der Waals surface area (Å²) in [6.07, 6.45) is 0.435. The molecule has 0 radical (unpaired) electrons. The molecule has 0 bridgehead atoms. The summed E-state index contributed by atoms with van der Waals surface area (Å²) in [7, 11) is 3.23. The molecular weight excluding hydrogens is 388 g/mol. The van der Waals surface area contributed by atoms with Crippen LogP contribution in [-0.2, 0) is 4.79 Å². The zero-order valence-corrected chi connectivity index (χ0v) is 17.3. The average molecular weight is 410 g/mol. The molecule has 2 heterocycles. The van der Waals surface area contributed by atoms with Crippen LogP contribution in [0.25, 0.3) is 5.70 Å². The SMILES string of the molecule is CCCSC1=NN2C(=c3ccccc3=NC2c2cc(OC)ccc2OC)C(=O)N1. The van der Waals surface area contributed by atoms with Crippen molar-refractivity contribution in [3.05, 3.63) is 58.6 Å². The van der Waals surface area contributed by atoms with Gasteiger partial charge in [0.25, 0.3) is 5.91 Å². The molecule has 29 heavy (non-hydrogen) atoms. The molecule has 4 rings (SSSR count). The fraction of sp³-hybridized carbons (Fsp3) is 0.286. The van der Waals surface area contributed by atoms with Crippen molar-refractivity contribution in [3.8, 4) is 11.5 Å². The standard InChI is InChI=1S/C21H22N4O3S/c1-4-11-29-21-23-20(26)18-14-7-5-6-8-16(14)22-19(25(18)24-21)15-12-13(27-2)9-10-17(15)28-3/h5-10,12,19H,4,11H2,1-3H3,(H,23,24,26). The minimum Gasteiger partial charge on any atom is -0.497 e. The van der Waals surface area contributed by atoms with Crippen molar-refractivity contribution in [3.63, 3.8) is 0 Å². The Morgan fingerprint density at radius 1 is 1.17 bits per heavy atom. The highest BCUT2D eigenvalue weighted by Gasteiger charge is 2.35. The first-order valence-corrected chi connectivity index (χ1v) is 10.4. The Morgan fingerprint density at radius 3 is 2.76 bits per heavy atom. The maximum atomic E-state index is 13.0. The van der Waals surface area contributed by atoms with Crippen LogP contribution < -0.4 is 25.4 Å². The van der Waals surface area contributed by atoms with Gasteiger partial charge in [-0.1, -0.05) is 36.9 Å². The smallest absolute Gasteiger partial charge is 0.276 e. The van der Waals surface area contributed by atoms with E-state index in [0.29, 0.717) is 22.4 Å². The Hall–Kier alpha value is -3.00. The number of hydrogen-bond acceptors (Lipinski definition) is 7. The molecular formula is C21H22N4O3S. The number of nitrogens with zero attached hydrogens (tertiary/aromatic N) is 3. The molecule has 2 aromatic carbocycles. The lowest BCUT2D eigenvalue weighted by Gasteiger charge is -2.34. The number of carbonyl (C=O) groups excluding carboxylic acids is 1. The summed E-state index contributed by atoms with van der Waals surface area (Å²) in [6, 6.07) is 13.1. The summed E-state index contributed by atoms with van der Waals surface area (Å²) in [5, 5.41) is 11.4. The Morgan fingerprint density at radius 2 is 2.00 bits per heavy atom. The summed E-state index contributed by atoms with van der Waals surface area (Å²) in [5.74, 6) is 2.01. The van der Waals surface area contributed by atoms with E-state index < -0.39 is 6.17 Å². The molecule has 0 aromatic heterocycles. The molecule has 0 spiro atoms. The van der Waals surface area contributed by atoms with Crippen LogP contribution in [0.2, 0.25) is 0 Å². The monoisotopic (exact) mass is 410 g/mol. The Labute approximate surface area is 173 Å². The number of amides is 1. The van der Waals surface area contributed by atoms with Gasteiger partial charge in [0, 0.05) is 16.5 Å². The van der Waals surface area contributed by atoms with E-state index in [4.69, 9.17) is 19.6 Å². The minimum absolute atomic E-state index is 0.187. The van der Waals surface area contributed by atoms with E-state index in [0.717, 1.165) is 28.3 Å². The molecule has 0 saturated carbocycles. The van der Waals surface area contributed by atoms with Crippen molar-refractivity contribution < 1.29 is 14.3 Å². The van der Waals surface area contributed by atoms with Crippen LogP contribution in [0.3, 0.4) is 0 Å². The van der Waals surface area contributed by atoms with Gasteiger partial charge in [-0.25, -0.2) is 5.01 Å². The number of para-hydroxylation sites is 1. The van der Waals surface area contributed by atoms with Crippen LogP contribution in [0, 0.1) is 0 Å². The number of ether oxygens (including phenoxy) is 2. The first-order valence-electron chi connectivity index (χ1n) is 9.37. The van der Waals surface area contributed by atoms with Crippen molar-refractivity contribution in [2.45, 2.75) is 19.5 Å². The lowest BCUT2D eigenvalue weighted by atomic mass is 10.1. The van der Waals surface area contributed by atoms with Gasteiger partial charge >= 0.3 is 0 Å². The molecule has 0 saturated heterocycles. The molecule has 0 aliphatic carbocycles. The number of rotatable bonds is 5. The van der Waals surface area contributed by atoms with Gasteiger partial charge in [-0.15, -0.1) is 5.10 Å². The first kappa shape index (κ1) is 19.3. The number of thioether (sulfide) groups is 1. The van der Waals surface area contributed by atoms with Crippen LogP contribution in [0.5, 0.6) is 11.5 Å². The predicted octanol–water partition coefficient (Wildman–Crippen LogP) is 1.99. The van der Waals surface area contributed by atoms with Crippen molar-refractivity contribution in [1.29, 1.82) is 0 Å². The van der Waals surface area contributed by atoms with Crippen molar-refractivity contribution in [2.75, 3.05) is 20.0 Å². The van der Waals surface area contributed by atoms with E-state index >= 15 is 0 Å². The van der Waals surface area contributed by atoms with Crippen LogP contribution in [0.1, 0.15) is 25.1 Å². The van der Waals surface area contributed by atoms with Crippen LogP contribution >= 0.6 is 11.8 Å². The summed E-state index contributed by atoms with van der Waals surface area (Å²) in [5.41, 5.74) is 1.25. The van der Waals surface area contributed by atoms with Gasteiger partial charge < -0.3 is 9.47 Å². The number of carbonyl (C=O) groups is 1. The molecule has 2 aliphatic rings. The lowest BCUT2D eigenvalue weighted by molar-refractivity contribution is -0.116. The Bertz CT molecular complexity index is 1100.